The van der Waals surface area contributed by atoms with Crippen LogP contribution in [0.5, 0.6) is 0 Å². The Bertz CT molecular complexity index is 1220. The van der Waals surface area contributed by atoms with Gasteiger partial charge in [0, 0.05) is 11.8 Å². The van der Waals surface area contributed by atoms with Gasteiger partial charge in [0.15, 0.2) is 0 Å². The molecule has 1 aliphatic rings. The lowest BCUT2D eigenvalue weighted by atomic mass is 10.0. The van der Waals surface area contributed by atoms with Crippen LogP contribution in [0.4, 0.5) is 5.82 Å². The molecule has 3 aromatic rings. The van der Waals surface area contributed by atoms with Crippen molar-refractivity contribution in [3.05, 3.63) is 42.4 Å². The molecule has 1 fully saturated rings. The average Bonchev–Trinajstić information content (AvgIpc) is 3.33. The Morgan fingerprint density at radius 2 is 2.09 bits per heavy atom. The highest BCUT2D eigenvalue weighted by Gasteiger charge is 2.36. The molecule has 13 heteroatoms. The van der Waals surface area contributed by atoms with Crippen molar-refractivity contribution in [1.82, 2.24) is 14.5 Å². The Balaban J connectivity index is 1.60. The van der Waals surface area contributed by atoms with Gasteiger partial charge < -0.3 is 29.7 Å². The Hall–Kier alpha value is -2.20. The maximum absolute atomic E-state index is 11.3. The summed E-state index contributed by atoms with van der Waals surface area (Å²) in [6.07, 6.45) is 3.24. The van der Waals surface area contributed by atoms with Gasteiger partial charge in [-0.15, -0.1) is 0 Å². The summed E-state index contributed by atoms with van der Waals surface area (Å²) in [5.41, 5.74) is 9.79. The zero-order chi connectivity index (χ0) is 23.0. The first-order chi connectivity index (χ1) is 15.1. The highest BCUT2D eigenvalue weighted by Crippen LogP contribution is 2.43. The van der Waals surface area contributed by atoms with Crippen molar-refractivity contribution >= 4 is 37.7 Å². The van der Waals surface area contributed by atoms with Crippen molar-refractivity contribution in [3.8, 4) is 11.1 Å². The van der Waals surface area contributed by atoms with Crippen molar-refractivity contribution in [2.75, 3.05) is 18.9 Å². The lowest BCUT2D eigenvalue weighted by Crippen LogP contribution is -2.19. The van der Waals surface area contributed by atoms with Gasteiger partial charge in [0.2, 0.25) is 0 Å². The van der Waals surface area contributed by atoms with Crippen molar-refractivity contribution in [2.24, 2.45) is 0 Å². The van der Waals surface area contributed by atoms with Crippen molar-refractivity contribution in [2.45, 2.75) is 25.5 Å². The quantitative estimate of drug-likeness (QED) is 0.376. The second-order valence-electron chi connectivity index (χ2n) is 7.53. The number of nitrogens with two attached hydrogens (primary N) is 1. The fourth-order valence-corrected chi connectivity index (χ4v) is 5.07. The van der Waals surface area contributed by atoms with Gasteiger partial charge in [-0.05, 0) is 18.9 Å². The molecule has 1 aliphatic heterocycles. The number of rotatable bonds is 6. The minimum atomic E-state index is -4.97. The van der Waals surface area contributed by atoms with E-state index in [0.717, 1.165) is 22.1 Å². The van der Waals surface area contributed by atoms with Gasteiger partial charge in [0.25, 0.3) is 8.00 Å². The van der Waals surface area contributed by atoms with E-state index in [1.165, 1.54) is 6.33 Å². The highest BCUT2D eigenvalue weighted by molar-refractivity contribution is 7.82. The number of fused-ring (bicyclic) bond motifs is 1. The molecule has 0 radical (unpaired) electrons. The molecule has 170 valence electrons. The molecule has 11 nitrogen and oxygen atoms in total. The molecule has 0 amide bonds. The van der Waals surface area contributed by atoms with E-state index in [0.29, 0.717) is 24.5 Å². The SMILES string of the molecule is Cc1ccc(-c2cn(C3COC(COC(=[P+]([O-])O)P(=O)(O)O)C3)c3ncnc(N)c23)cc1. The normalized spacial score (nSPS) is 20.0. The second kappa shape index (κ2) is 8.97. The molecule has 5 N–H and O–H groups in total. The van der Waals surface area contributed by atoms with E-state index in [9.17, 15) is 9.46 Å². The predicted molar refractivity (Wildman–Crippen MR) is 118 cm³/mol. The highest BCUT2D eigenvalue weighted by atomic mass is 31.2. The molecule has 3 unspecified atom stereocenters. The van der Waals surface area contributed by atoms with Gasteiger partial charge in [-0.3, -0.25) is 4.74 Å². The second-order valence-corrected chi connectivity index (χ2v) is 10.3. The van der Waals surface area contributed by atoms with E-state index in [1.807, 2.05) is 42.0 Å². The van der Waals surface area contributed by atoms with Crippen molar-refractivity contribution < 1.29 is 33.6 Å². The number of anilines is 1. The Labute approximate surface area is 184 Å². The van der Waals surface area contributed by atoms with Crippen LogP contribution in [0, 0.1) is 6.92 Å². The maximum Gasteiger partial charge on any atom is 0.425 e. The van der Waals surface area contributed by atoms with Gasteiger partial charge in [-0.2, -0.15) is 4.89 Å². The summed E-state index contributed by atoms with van der Waals surface area (Å²) in [6, 6.07) is 7.86. The molecule has 0 spiro atoms. The van der Waals surface area contributed by atoms with E-state index >= 15 is 0 Å². The smallest absolute Gasteiger partial charge is 0.425 e. The van der Waals surface area contributed by atoms with Gasteiger partial charge in [0.05, 0.1) is 30.7 Å². The average molecular weight is 480 g/mol. The van der Waals surface area contributed by atoms with E-state index in [-0.39, 0.29) is 12.6 Å². The number of hydrogen-bond donors (Lipinski definition) is 4. The van der Waals surface area contributed by atoms with Gasteiger partial charge in [0.1, 0.15) is 17.8 Å². The minimum absolute atomic E-state index is 0.152. The van der Waals surface area contributed by atoms with Crippen LogP contribution in [0.2, 0.25) is 0 Å². The zero-order valence-corrected chi connectivity index (χ0v) is 18.8. The van der Waals surface area contributed by atoms with E-state index in [4.69, 9.17) is 29.9 Å². The molecule has 3 heterocycles. The van der Waals surface area contributed by atoms with Crippen LogP contribution in [0.3, 0.4) is 0 Å². The number of hydrogen-bond acceptors (Lipinski definition) is 8. The molecule has 0 saturated carbocycles. The summed E-state index contributed by atoms with van der Waals surface area (Å²) >= 11 is 0. The summed E-state index contributed by atoms with van der Waals surface area (Å²) in [5, 5.41) is -0.418. The molecule has 0 aliphatic carbocycles. The molecular weight excluding hydrogens is 458 g/mol. The third-order valence-corrected chi connectivity index (χ3v) is 7.64. The van der Waals surface area contributed by atoms with Gasteiger partial charge >= 0.3 is 12.8 Å². The van der Waals surface area contributed by atoms with Crippen LogP contribution in [0.15, 0.2) is 36.8 Å². The van der Waals surface area contributed by atoms with Crippen LogP contribution in [-0.2, 0) is 14.0 Å². The van der Waals surface area contributed by atoms with Crippen molar-refractivity contribution in [3.63, 3.8) is 0 Å². The fraction of sp³-hybridized carbons (Fsp3) is 0.316. The van der Waals surface area contributed by atoms with Gasteiger partial charge in [-0.1, -0.05) is 29.8 Å². The Kier molecular flexibility index (Phi) is 6.44. The van der Waals surface area contributed by atoms with Gasteiger partial charge in [-0.25, -0.2) is 14.5 Å². The maximum atomic E-state index is 11.3. The van der Waals surface area contributed by atoms with Crippen molar-refractivity contribution in [1.29, 1.82) is 0 Å². The summed E-state index contributed by atoms with van der Waals surface area (Å²) in [6.45, 7) is 2.04. The first-order valence-electron chi connectivity index (χ1n) is 9.66. The summed E-state index contributed by atoms with van der Waals surface area (Å²) in [4.78, 5) is 47.2. The number of nitrogen functional groups attached to an aromatic ring is 1. The zero-order valence-electron chi connectivity index (χ0n) is 17.0. The topological polar surface area (TPSA) is 176 Å². The third-order valence-electron chi connectivity index (χ3n) is 5.27. The summed E-state index contributed by atoms with van der Waals surface area (Å²) in [5.74, 6) is 0.357. The van der Waals surface area contributed by atoms with E-state index in [1.54, 1.807) is 0 Å². The first-order valence-corrected chi connectivity index (χ1v) is 12.5. The van der Waals surface area contributed by atoms with Crippen LogP contribution in [-0.4, -0.2) is 53.8 Å². The number of nitrogens with zero attached hydrogens (tertiary/aromatic N) is 3. The first kappa shape index (κ1) is 23.0. The predicted octanol–water partition coefficient (Wildman–Crippen LogP) is 1.27. The number of ether oxygens (including phenoxy) is 2. The molecule has 3 atom stereocenters. The molecular formula is C19H22N4O7P2. The fourth-order valence-electron chi connectivity index (χ4n) is 3.75. The number of aryl methyl sites for hydroxylation is 1. The van der Waals surface area contributed by atoms with E-state index < -0.39 is 26.9 Å². The van der Waals surface area contributed by atoms with Crippen LogP contribution in [0.25, 0.3) is 22.2 Å². The standard InChI is InChI=1S/C19H22N4O7P2/c1-11-2-4-12(5-3-11)15-7-23(18-16(15)17(20)21-10-22-18)13-6-14(29-8-13)9-30-19(31(24)25)32(26,27)28/h2-5,7,10,13-14H,6,8-9H2,1H3,(H,24,25)(H2,20,21,22)(H2,26,27,28). The number of aromatic nitrogens is 3. The number of benzene rings is 1. The molecule has 4 rings (SSSR count). The van der Waals surface area contributed by atoms with Crippen LogP contribution >= 0.6 is 15.6 Å². The largest absolute Gasteiger partial charge is 0.601 e. The third kappa shape index (κ3) is 4.61. The van der Waals surface area contributed by atoms with Crippen LogP contribution < -0.4 is 10.6 Å². The minimum Gasteiger partial charge on any atom is -0.601 e. The lowest BCUT2D eigenvalue weighted by Gasteiger charge is -2.12. The molecule has 1 saturated heterocycles. The van der Waals surface area contributed by atoms with Crippen LogP contribution in [0.1, 0.15) is 18.0 Å². The van der Waals surface area contributed by atoms with E-state index in [2.05, 4.69) is 9.97 Å². The Morgan fingerprint density at radius 3 is 2.75 bits per heavy atom. The summed E-state index contributed by atoms with van der Waals surface area (Å²) < 4.78 is 23.9. The molecule has 2 aromatic heterocycles. The Morgan fingerprint density at radius 1 is 1.38 bits per heavy atom. The lowest BCUT2D eigenvalue weighted by molar-refractivity contribution is -0.168. The molecule has 32 heavy (non-hydrogen) atoms. The summed E-state index contributed by atoms with van der Waals surface area (Å²) in [7, 11) is -8.25. The molecule has 1 aromatic carbocycles. The molecule has 0 bridgehead atoms. The monoisotopic (exact) mass is 480 g/mol.